The maximum Gasteiger partial charge on any atom is 0.407 e. The number of nitrogens with zero attached hydrogens (tertiary/aromatic N) is 4. The molecule has 4 N–H and O–H groups in total. The smallest absolute Gasteiger partial charge is 0.407 e. The van der Waals surface area contributed by atoms with Gasteiger partial charge in [0.15, 0.2) is 0 Å². The first kappa shape index (κ1) is 49.3. The minimum atomic E-state index is -1.48. The van der Waals surface area contributed by atoms with Crippen LogP contribution in [0.4, 0.5) is 4.79 Å². The van der Waals surface area contributed by atoms with Crippen LogP contribution < -0.4 is 21.3 Å². The first-order valence-electron chi connectivity index (χ1n) is 20.1. The van der Waals surface area contributed by atoms with Gasteiger partial charge in [0.2, 0.25) is 29.3 Å². The van der Waals surface area contributed by atoms with Crippen LogP contribution >= 0.6 is 0 Å². The molecule has 3 rings (SSSR count). The molecule has 0 heterocycles. The fraction of sp³-hybridized carbons (Fsp3) is 0.442. The van der Waals surface area contributed by atoms with Crippen molar-refractivity contribution in [3.63, 3.8) is 0 Å². The molecule has 4 amide bonds. The summed E-state index contributed by atoms with van der Waals surface area (Å²) >= 11 is 0. The molecule has 0 spiro atoms. The second kappa shape index (κ2) is 25.5. The number of hydrogen-bond acceptors (Lipinski definition) is 11. The van der Waals surface area contributed by atoms with Crippen molar-refractivity contribution in [2.24, 2.45) is 5.92 Å². The summed E-state index contributed by atoms with van der Waals surface area (Å²) in [5, 5.41) is 10.0. The Labute approximate surface area is 358 Å². The number of rotatable bonds is 26. The Morgan fingerprint density at radius 1 is 0.677 bits per heavy atom. The van der Waals surface area contributed by atoms with E-state index in [9.17, 15) is 38.4 Å². The first-order chi connectivity index (χ1) is 29.7. The van der Waals surface area contributed by atoms with Crippen molar-refractivity contribution in [3.05, 3.63) is 83.4 Å². The number of alkyl carbamates (subject to hydrolysis) is 1. The second-order valence-electron chi connectivity index (χ2n) is 14.6. The number of hydrogen-bond donors (Lipinski definition) is 4. The summed E-state index contributed by atoms with van der Waals surface area (Å²) < 4.78 is 15.8. The van der Waals surface area contributed by atoms with E-state index in [1.165, 1.54) is 6.08 Å². The molecule has 19 nitrogen and oxygen atoms in total. The highest BCUT2D eigenvalue weighted by Crippen LogP contribution is 2.44. The van der Waals surface area contributed by atoms with Crippen molar-refractivity contribution >= 4 is 59.7 Å². The van der Waals surface area contributed by atoms with Gasteiger partial charge in [0.25, 0.3) is 0 Å². The van der Waals surface area contributed by atoms with Crippen LogP contribution in [0.5, 0.6) is 0 Å². The Morgan fingerprint density at radius 3 is 1.69 bits per heavy atom. The second-order valence-corrected chi connectivity index (χ2v) is 14.6. The number of amides is 4. The molecule has 1 aliphatic rings. The molecular formula is C43H52N8O11. The minimum absolute atomic E-state index is 0.00168. The van der Waals surface area contributed by atoms with Crippen LogP contribution in [0, 0.1) is 5.92 Å². The summed E-state index contributed by atoms with van der Waals surface area (Å²) in [6, 6.07) is 10.2. The Hall–Kier alpha value is -7.10. The van der Waals surface area contributed by atoms with Gasteiger partial charge in [0, 0.05) is 25.2 Å². The topological polar surface area (TPSA) is 285 Å². The number of nitrogens with one attached hydrogen (secondary N) is 4. The molecule has 19 heteroatoms. The Balaban J connectivity index is 1.72. The van der Waals surface area contributed by atoms with Crippen molar-refractivity contribution in [3.8, 4) is 11.1 Å². The van der Waals surface area contributed by atoms with Gasteiger partial charge in [-0.25, -0.2) is 14.4 Å². The highest BCUT2D eigenvalue weighted by molar-refractivity contribution is 6.25. The lowest BCUT2D eigenvalue weighted by atomic mass is 9.98. The lowest BCUT2D eigenvalue weighted by molar-refractivity contribution is -0.148. The van der Waals surface area contributed by atoms with Crippen LogP contribution in [0.25, 0.3) is 22.2 Å². The third-order valence-corrected chi connectivity index (χ3v) is 9.57. The van der Waals surface area contributed by atoms with E-state index in [0.29, 0.717) is 12.4 Å². The summed E-state index contributed by atoms with van der Waals surface area (Å²) in [6.45, 7) is 8.38. The Bertz CT molecular complexity index is 2030. The quantitative estimate of drug-likeness (QED) is 0.0267. The lowest BCUT2D eigenvalue weighted by Gasteiger charge is -2.24. The Kier molecular flexibility index (Phi) is 20.3. The molecule has 0 saturated carbocycles. The van der Waals surface area contributed by atoms with Gasteiger partial charge in [0.1, 0.15) is 37.4 Å². The van der Waals surface area contributed by atoms with E-state index in [4.69, 9.17) is 25.3 Å². The molecule has 0 saturated heterocycles. The van der Waals surface area contributed by atoms with E-state index in [0.717, 1.165) is 22.3 Å². The number of esters is 2. The summed E-state index contributed by atoms with van der Waals surface area (Å²) in [5.74, 6) is -6.03. The molecule has 0 aromatic heterocycles. The highest BCUT2D eigenvalue weighted by Gasteiger charge is 2.33. The zero-order valence-corrected chi connectivity index (χ0v) is 34.9. The van der Waals surface area contributed by atoms with Crippen molar-refractivity contribution < 1.29 is 62.1 Å². The third kappa shape index (κ3) is 15.5. The third-order valence-electron chi connectivity index (χ3n) is 9.57. The molecule has 1 aliphatic carbocycles. The molecular weight excluding hydrogens is 805 g/mol. The monoisotopic (exact) mass is 856 g/mol. The molecule has 0 bridgehead atoms. The summed E-state index contributed by atoms with van der Waals surface area (Å²) in [6.07, 6.45) is -0.375. The number of fused-ring (bicyclic) bond motifs is 3. The van der Waals surface area contributed by atoms with Gasteiger partial charge in [0.05, 0.1) is 6.61 Å². The number of benzene rings is 2. The van der Waals surface area contributed by atoms with Crippen molar-refractivity contribution in [2.75, 3.05) is 19.8 Å². The molecule has 0 aliphatic heterocycles. The molecule has 0 fully saturated rings. The van der Waals surface area contributed by atoms with Crippen LogP contribution in [0.3, 0.4) is 0 Å². The average Bonchev–Trinajstić information content (AvgIpc) is 3.56. The van der Waals surface area contributed by atoms with E-state index < -0.39 is 84.3 Å². The minimum Gasteiger partial charge on any atom is -0.464 e. The summed E-state index contributed by atoms with van der Waals surface area (Å²) in [4.78, 5) is 109. The molecule has 330 valence electrons. The summed E-state index contributed by atoms with van der Waals surface area (Å²) in [5.41, 5.74) is 21.5. The molecule has 62 heavy (non-hydrogen) atoms. The van der Waals surface area contributed by atoms with E-state index in [-0.39, 0.29) is 63.8 Å². The lowest BCUT2D eigenvalue weighted by Crippen LogP contribution is -2.53. The van der Waals surface area contributed by atoms with Crippen LogP contribution in [-0.4, -0.2) is 113 Å². The first-order valence-corrected chi connectivity index (χ1v) is 20.1. The zero-order chi connectivity index (χ0) is 45.6. The van der Waals surface area contributed by atoms with Gasteiger partial charge in [-0.05, 0) is 60.8 Å². The van der Waals surface area contributed by atoms with Gasteiger partial charge in [-0.1, -0.05) is 75.0 Å². The van der Waals surface area contributed by atoms with Crippen molar-refractivity contribution in [1.29, 1.82) is 0 Å². The fourth-order valence-electron chi connectivity index (χ4n) is 6.65. The fourth-order valence-corrected chi connectivity index (χ4v) is 6.65. The van der Waals surface area contributed by atoms with E-state index >= 15 is 0 Å². The van der Waals surface area contributed by atoms with E-state index in [1.54, 1.807) is 6.92 Å². The van der Waals surface area contributed by atoms with Crippen LogP contribution in [0.1, 0.15) is 82.8 Å². The van der Waals surface area contributed by atoms with E-state index in [2.05, 4.69) is 37.4 Å². The van der Waals surface area contributed by atoms with Gasteiger partial charge in [-0.15, -0.1) is 0 Å². The molecule has 2 aromatic carbocycles. The zero-order valence-electron chi connectivity index (χ0n) is 34.9. The maximum atomic E-state index is 13.7. The average molecular weight is 857 g/mol. The van der Waals surface area contributed by atoms with Crippen molar-refractivity contribution in [1.82, 2.24) is 21.3 Å². The standard InChI is InChI=1S/C43H52N8O11/c1-5-21-61-42(58)35(18-16-28(53)24-47-45)49-39(55)34(17-15-27(52)23-46-44)48-38(54)20-19-36(41(57)60-6-2)50-40(56)37(22-26(3)4)51-43(59)62-25-33-31-13-9-7-11-29(31)30-12-8-10-14-32(30)33/h5,7-14,23-24,26,33-37H,1,6,15-22,25H2,2-4H3,(H,48,54)(H,49,55)(H,50,56)(H,51,59)/t34-,35-,36-,37-/m0/s1. The molecule has 4 atom stereocenters. The Morgan fingerprint density at radius 2 is 1.18 bits per heavy atom. The van der Waals surface area contributed by atoms with Gasteiger partial charge >= 0.3 is 30.5 Å². The van der Waals surface area contributed by atoms with E-state index in [1.807, 2.05) is 62.4 Å². The number of carbonyl (C=O) groups excluding carboxylic acids is 8. The molecule has 0 unspecified atom stereocenters. The predicted octanol–water partition coefficient (Wildman–Crippen LogP) is 2.77. The summed E-state index contributed by atoms with van der Waals surface area (Å²) in [7, 11) is 0. The van der Waals surface area contributed by atoms with Crippen LogP contribution in [0.15, 0.2) is 61.2 Å². The largest absolute Gasteiger partial charge is 0.464 e. The highest BCUT2D eigenvalue weighted by atomic mass is 16.6. The SMILES string of the molecule is C=CCOC(=O)[C@H](CCC(=O)C=[N+]=[N-])NC(=O)[C@H](CCC(=O)C=[N+]=[N-])NC(=O)CC[C@H](NC(=O)[C@H](CC(C)C)NC(=O)OCC1c2ccccc2-c2ccccc21)C(=O)OCC. The number of carbonyl (C=O) groups is 8. The van der Waals surface area contributed by atoms with Crippen LogP contribution in [-0.2, 0) is 47.8 Å². The van der Waals surface area contributed by atoms with Gasteiger partial charge in [-0.3, -0.25) is 24.0 Å². The molecule has 0 radical (unpaired) electrons. The van der Waals surface area contributed by atoms with Crippen molar-refractivity contribution in [2.45, 2.75) is 95.8 Å². The van der Waals surface area contributed by atoms with Gasteiger partial charge < -0.3 is 46.5 Å². The normalized spacial score (nSPS) is 13.2. The number of ether oxygens (including phenoxy) is 3. The van der Waals surface area contributed by atoms with Crippen LogP contribution in [0.2, 0.25) is 0 Å². The maximum absolute atomic E-state index is 13.7. The molecule has 2 aromatic rings. The number of Topliss-reactive ketones (excluding diaryl/α,β-unsaturated/α-hetero) is 2. The predicted molar refractivity (Wildman–Crippen MR) is 222 cm³/mol. The van der Waals surface area contributed by atoms with Gasteiger partial charge in [-0.2, -0.15) is 9.58 Å². The number of ketones is 2.